The van der Waals surface area contributed by atoms with Crippen LogP contribution in [0, 0.1) is 11.6 Å². The predicted octanol–water partition coefficient (Wildman–Crippen LogP) is 4.67. The molecule has 17 heavy (non-hydrogen) atoms. The van der Waals surface area contributed by atoms with Gasteiger partial charge < -0.3 is 4.72 Å². The average Bonchev–Trinajstić information content (AvgIpc) is 2.14. The van der Waals surface area contributed by atoms with Crippen molar-refractivity contribution in [3.05, 3.63) is 29.3 Å². The van der Waals surface area contributed by atoms with Gasteiger partial charge in [0.25, 0.3) is 0 Å². The van der Waals surface area contributed by atoms with Crippen LogP contribution in [0.1, 0.15) is 25.3 Å². The zero-order valence-electron chi connectivity index (χ0n) is 9.03. The van der Waals surface area contributed by atoms with Gasteiger partial charge in [-0.1, -0.05) is 13.8 Å². The molecule has 1 aromatic rings. The normalized spacial score (nSPS) is 12.0. The third-order valence-electron chi connectivity index (χ3n) is 1.98. The summed E-state index contributed by atoms with van der Waals surface area (Å²) in [7, 11) is 0. The van der Waals surface area contributed by atoms with Crippen LogP contribution < -0.4 is 4.72 Å². The second-order valence-corrected chi connectivity index (χ2v) is 4.50. The van der Waals surface area contributed by atoms with Gasteiger partial charge in [0.2, 0.25) is 0 Å². The van der Waals surface area contributed by atoms with E-state index in [1.165, 1.54) is 0 Å². The van der Waals surface area contributed by atoms with Crippen LogP contribution in [0.25, 0.3) is 0 Å². The van der Waals surface area contributed by atoms with Gasteiger partial charge in [-0.25, -0.2) is 8.78 Å². The van der Waals surface area contributed by atoms with Gasteiger partial charge in [-0.05, 0) is 18.1 Å². The molecule has 7 heteroatoms. The minimum atomic E-state index is -4.53. The fraction of sp³-hybridized carbons (Fsp3) is 0.400. The fourth-order valence-corrected chi connectivity index (χ4v) is 1.67. The van der Waals surface area contributed by atoms with E-state index in [-0.39, 0.29) is 11.3 Å². The minimum Gasteiger partial charge on any atom is -0.320 e. The number of alkyl halides is 3. The average molecular weight is 271 g/mol. The van der Waals surface area contributed by atoms with Crippen molar-refractivity contribution in [3.63, 3.8) is 0 Å². The second kappa shape index (κ2) is 5.12. The Kier molecular flexibility index (Phi) is 4.24. The van der Waals surface area contributed by atoms with Gasteiger partial charge in [0, 0.05) is 5.56 Å². The van der Waals surface area contributed by atoms with Crippen LogP contribution in [-0.4, -0.2) is 5.51 Å². The van der Waals surface area contributed by atoms with Gasteiger partial charge in [-0.2, -0.15) is 13.2 Å². The van der Waals surface area contributed by atoms with Crippen molar-refractivity contribution in [2.24, 2.45) is 0 Å². The molecule has 0 fully saturated rings. The van der Waals surface area contributed by atoms with Crippen molar-refractivity contribution < 1.29 is 22.0 Å². The van der Waals surface area contributed by atoms with Gasteiger partial charge in [0.15, 0.2) is 5.82 Å². The molecule has 0 spiro atoms. The Morgan fingerprint density at radius 2 is 1.76 bits per heavy atom. The maximum Gasteiger partial charge on any atom is 0.461 e. The van der Waals surface area contributed by atoms with Gasteiger partial charge in [-0.3, -0.25) is 0 Å². The number of hydrogen-bond acceptors (Lipinski definition) is 2. The van der Waals surface area contributed by atoms with Crippen molar-refractivity contribution in [3.8, 4) is 0 Å². The van der Waals surface area contributed by atoms with E-state index < -0.39 is 35.0 Å². The van der Waals surface area contributed by atoms with E-state index >= 15 is 0 Å². The molecule has 1 nitrogen and oxygen atoms in total. The van der Waals surface area contributed by atoms with E-state index in [2.05, 4.69) is 0 Å². The Bertz CT molecular complexity index is 402. The summed E-state index contributed by atoms with van der Waals surface area (Å²) in [4.78, 5) is 0. The molecule has 0 saturated heterocycles. The summed E-state index contributed by atoms with van der Waals surface area (Å²) in [5.74, 6) is -2.20. The number of nitrogens with one attached hydrogen (secondary N) is 1. The van der Waals surface area contributed by atoms with Crippen LogP contribution in [0.15, 0.2) is 12.1 Å². The third-order valence-corrected chi connectivity index (χ3v) is 2.53. The summed E-state index contributed by atoms with van der Waals surface area (Å²) in [5.41, 5.74) is -5.13. The summed E-state index contributed by atoms with van der Waals surface area (Å²) in [6.07, 6.45) is 0. The lowest BCUT2D eigenvalue weighted by Crippen LogP contribution is -2.07. The number of benzene rings is 1. The van der Waals surface area contributed by atoms with Gasteiger partial charge in [0.05, 0.1) is 17.6 Å². The van der Waals surface area contributed by atoms with Crippen molar-refractivity contribution in [1.82, 2.24) is 0 Å². The highest BCUT2D eigenvalue weighted by Gasteiger charge is 2.29. The van der Waals surface area contributed by atoms with E-state index in [1.807, 2.05) is 4.72 Å². The number of halogens is 5. The quantitative estimate of drug-likeness (QED) is 0.633. The van der Waals surface area contributed by atoms with Gasteiger partial charge in [-0.15, -0.1) is 0 Å². The summed E-state index contributed by atoms with van der Waals surface area (Å²) < 4.78 is 64.5. The van der Waals surface area contributed by atoms with Crippen LogP contribution in [0.5, 0.6) is 0 Å². The summed E-state index contributed by atoms with van der Waals surface area (Å²) in [5, 5.41) is 0. The molecule has 0 amide bonds. The van der Waals surface area contributed by atoms with E-state index in [0.29, 0.717) is 0 Å². The molecular formula is C10H10F5NS. The van der Waals surface area contributed by atoms with Gasteiger partial charge >= 0.3 is 5.51 Å². The topological polar surface area (TPSA) is 12.0 Å². The van der Waals surface area contributed by atoms with Crippen molar-refractivity contribution >= 4 is 17.6 Å². The van der Waals surface area contributed by atoms with E-state index in [0.717, 1.165) is 12.1 Å². The lowest BCUT2D eigenvalue weighted by atomic mass is 10.0. The van der Waals surface area contributed by atoms with E-state index in [1.54, 1.807) is 13.8 Å². The van der Waals surface area contributed by atoms with Crippen molar-refractivity contribution in [2.75, 3.05) is 4.72 Å². The largest absolute Gasteiger partial charge is 0.461 e. The fourth-order valence-electron chi connectivity index (χ4n) is 1.29. The van der Waals surface area contributed by atoms with E-state index in [9.17, 15) is 22.0 Å². The molecule has 0 heterocycles. The van der Waals surface area contributed by atoms with Crippen molar-refractivity contribution in [1.29, 1.82) is 0 Å². The Hall–Kier alpha value is -0.980. The Labute approximate surface area is 99.5 Å². The number of hydrogen-bond donors (Lipinski definition) is 1. The highest BCUT2D eigenvalue weighted by atomic mass is 32.2. The van der Waals surface area contributed by atoms with E-state index in [4.69, 9.17) is 0 Å². The maximum absolute atomic E-state index is 13.7. The minimum absolute atomic E-state index is 0.224. The van der Waals surface area contributed by atoms with Crippen LogP contribution in [0.4, 0.5) is 27.6 Å². The smallest absolute Gasteiger partial charge is 0.320 e. The molecule has 1 aromatic carbocycles. The van der Waals surface area contributed by atoms with Crippen LogP contribution in [0.2, 0.25) is 0 Å². The highest BCUT2D eigenvalue weighted by molar-refractivity contribution is 8.01. The van der Waals surface area contributed by atoms with Crippen LogP contribution in [0.3, 0.4) is 0 Å². The summed E-state index contributed by atoms with van der Waals surface area (Å²) in [6, 6.07) is 1.88. The Morgan fingerprint density at radius 3 is 2.24 bits per heavy atom. The molecular weight excluding hydrogens is 261 g/mol. The molecule has 0 aliphatic rings. The zero-order chi connectivity index (χ0) is 13.2. The van der Waals surface area contributed by atoms with Gasteiger partial charge in [0.1, 0.15) is 5.82 Å². The highest BCUT2D eigenvalue weighted by Crippen LogP contribution is 2.34. The summed E-state index contributed by atoms with van der Waals surface area (Å²) in [6.45, 7) is 3.12. The molecule has 0 radical (unpaired) electrons. The first-order valence-corrected chi connectivity index (χ1v) is 5.52. The molecule has 0 saturated carbocycles. The zero-order valence-corrected chi connectivity index (χ0v) is 9.85. The molecule has 0 aliphatic carbocycles. The molecule has 1 rings (SSSR count). The number of rotatable bonds is 3. The third kappa shape index (κ3) is 3.76. The molecule has 0 aliphatic heterocycles. The molecule has 96 valence electrons. The van der Waals surface area contributed by atoms with Crippen LogP contribution in [-0.2, 0) is 0 Å². The lowest BCUT2D eigenvalue weighted by Gasteiger charge is -2.14. The summed E-state index contributed by atoms with van der Waals surface area (Å²) >= 11 is -0.585. The van der Waals surface area contributed by atoms with Crippen molar-refractivity contribution in [2.45, 2.75) is 25.3 Å². The molecule has 0 aromatic heterocycles. The first kappa shape index (κ1) is 14.1. The molecule has 0 atom stereocenters. The number of anilines is 1. The standard InChI is InChI=1S/C10H10F5NS/c1-5(2)8-6(11)3-4-7(9(8)12)16-17-10(13,14)15/h3-5,16H,1-2H3. The predicted molar refractivity (Wildman–Crippen MR) is 57.7 cm³/mol. The lowest BCUT2D eigenvalue weighted by molar-refractivity contribution is -0.0323. The Balaban J connectivity index is 2.99. The molecule has 0 unspecified atom stereocenters. The Morgan fingerprint density at radius 1 is 1.18 bits per heavy atom. The maximum atomic E-state index is 13.7. The monoisotopic (exact) mass is 271 g/mol. The second-order valence-electron chi connectivity index (χ2n) is 3.63. The first-order valence-electron chi connectivity index (χ1n) is 4.71. The SMILES string of the molecule is CC(C)c1c(F)ccc(NSC(F)(F)F)c1F. The first-order chi connectivity index (χ1) is 7.72. The molecule has 0 bridgehead atoms. The molecule has 1 N–H and O–H groups in total. The van der Waals surface area contributed by atoms with Crippen LogP contribution >= 0.6 is 11.9 Å².